The quantitative estimate of drug-likeness (QED) is 0.822. The molecule has 5 nitrogen and oxygen atoms in total. The Morgan fingerprint density at radius 3 is 2.62 bits per heavy atom. The molecule has 0 saturated heterocycles. The van der Waals surface area contributed by atoms with Gasteiger partial charge in [-0.15, -0.1) is 0 Å². The Labute approximate surface area is 124 Å². The van der Waals surface area contributed by atoms with Crippen molar-refractivity contribution in [1.29, 1.82) is 0 Å². The van der Waals surface area contributed by atoms with Gasteiger partial charge in [0.1, 0.15) is 11.5 Å². The second-order valence-corrected chi connectivity index (χ2v) is 4.90. The molecule has 0 fully saturated rings. The third-order valence-electron chi connectivity index (χ3n) is 2.72. The molecular formula is C16H20N2O3. The number of hydrogen-bond donors (Lipinski definition) is 2. The molecule has 1 amide bonds. The number of amides is 1. The molecule has 112 valence electrons. The van der Waals surface area contributed by atoms with Gasteiger partial charge in [0.25, 0.3) is 0 Å². The fraction of sp³-hybridized carbons (Fsp3) is 0.312. The van der Waals surface area contributed by atoms with Crippen LogP contribution in [0, 0.1) is 0 Å². The van der Waals surface area contributed by atoms with Crippen molar-refractivity contribution in [2.24, 2.45) is 0 Å². The van der Waals surface area contributed by atoms with Crippen molar-refractivity contribution in [3.05, 3.63) is 48.4 Å². The summed E-state index contributed by atoms with van der Waals surface area (Å²) in [6.07, 6.45) is 1.73. The molecule has 2 N–H and O–H groups in total. The summed E-state index contributed by atoms with van der Waals surface area (Å²) in [7, 11) is 0. The van der Waals surface area contributed by atoms with Gasteiger partial charge in [-0.1, -0.05) is 0 Å². The van der Waals surface area contributed by atoms with Crippen LogP contribution in [0.5, 0.6) is 5.75 Å². The molecule has 21 heavy (non-hydrogen) atoms. The lowest BCUT2D eigenvalue weighted by Crippen LogP contribution is -2.29. The van der Waals surface area contributed by atoms with Gasteiger partial charge in [0.2, 0.25) is 5.91 Å². The zero-order valence-electron chi connectivity index (χ0n) is 12.3. The molecule has 0 aliphatic rings. The smallest absolute Gasteiger partial charge is 0.239 e. The molecule has 0 radical (unpaired) electrons. The number of carbonyl (C=O) groups is 1. The standard InChI is InChI=1S/C16H20N2O3/c1-12(2)21-14-7-5-13(6-8-14)17-11-16(19)18-10-15-4-3-9-20-15/h3-9,12,17H,10-11H2,1-2H3,(H,18,19). The molecule has 0 aliphatic heterocycles. The Morgan fingerprint density at radius 1 is 1.24 bits per heavy atom. The fourth-order valence-electron chi connectivity index (χ4n) is 1.77. The Morgan fingerprint density at radius 2 is 2.00 bits per heavy atom. The minimum atomic E-state index is -0.0890. The van der Waals surface area contributed by atoms with Crippen LogP contribution in [0.15, 0.2) is 47.1 Å². The van der Waals surface area contributed by atoms with Gasteiger partial charge >= 0.3 is 0 Å². The van der Waals surface area contributed by atoms with Crippen molar-refractivity contribution in [3.8, 4) is 5.75 Å². The van der Waals surface area contributed by atoms with Crippen molar-refractivity contribution < 1.29 is 13.9 Å². The maximum absolute atomic E-state index is 11.7. The molecule has 1 heterocycles. The molecular weight excluding hydrogens is 268 g/mol. The van der Waals surface area contributed by atoms with Crippen LogP contribution < -0.4 is 15.4 Å². The number of carbonyl (C=O) groups excluding carboxylic acids is 1. The third kappa shape index (κ3) is 5.22. The zero-order chi connectivity index (χ0) is 15.1. The monoisotopic (exact) mass is 288 g/mol. The first kappa shape index (κ1) is 15.0. The topological polar surface area (TPSA) is 63.5 Å². The number of anilines is 1. The van der Waals surface area contributed by atoms with Crippen LogP contribution in [0.1, 0.15) is 19.6 Å². The van der Waals surface area contributed by atoms with E-state index < -0.39 is 0 Å². The normalized spacial score (nSPS) is 10.4. The van der Waals surface area contributed by atoms with Gasteiger partial charge < -0.3 is 19.8 Å². The summed E-state index contributed by atoms with van der Waals surface area (Å²) in [4.78, 5) is 11.7. The van der Waals surface area contributed by atoms with Crippen LogP contribution in [0.25, 0.3) is 0 Å². The molecule has 0 unspecified atom stereocenters. The number of benzene rings is 1. The van der Waals surface area contributed by atoms with Crippen LogP contribution in [-0.4, -0.2) is 18.6 Å². The molecule has 0 aliphatic carbocycles. The summed E-state index contributed by atoms with van der Waals surface area (Å²) < 4.78 is 10.7. The second-order valence-electron chi connectivity index (χ2n) is 4.90. The molecule has 0 atom stereocenters. The van der Waals surface area contributed by atoms with Gasteiger partial charge in [-0.2, -0.15) is 0 Å². The SMILES string of the molecule is CC(C)Oc1ccc(NCC(=O)NCc2ccco2)cc1. The number of ether oxygens (including phenoxy) is 1. The summed E-state index contributed by atoms with van der Waals surface area (Å²) in [5.41, 5.74) is 0.874. The van der Waals surface area contributed by atoms with Gasteiger partial charge in [-0.3, -0.25) is 4.79 Å². The van der Waals surface area contributed by atoms with Gasteiger partial charge in [-0.25, -0.2) is 0 Å². The maximum atomic E-state index is 11.7. The first-order valence-electron chi connectivity index (χ1n) is 6.93. The summed E-state index contributed by atoms with van der Waals surface area (Å²) in [6, 6.07) is 11.1. The number of hydrogen-bond acceptors (Lipinski definition) is 4. The van der Waals surface area contributed by atoms with Gasteiger partial charge in [0, 0.05) is 5.69 Å². The predicted molar refractivity (Wildman–Crippen MR) is 81.3 cm³/mol. The summed E-state index contributed by atoms with van der Waals surface area (Å²) in [6.45, 7) is 4.57. The Kier molecular flexibility index (Phi) is 5.26. The van der Waals surface area contributed by atoms with Crippen molar-refractivity contribution in [2.45, 2.75) is 26.5 Å². The van der Waals surface area contributed by atoms with Gasteiger partial charge in [-0.05, 0) is 50.2 Å². The van der Waals surface area contributed by atoms with Crippen LogP contribution in [-0.2, 0) is 11.3 Å². The van der Waals surface area contributed by atoms with Crippen LogP contribution >= 0.6 is 0 Å². The average molecular weight is 288 g/mol. The highest BCUT2D eigenvalue weighted by atomic mass is 16.5. The molecule has 2 rings (SSSR count). The second kappa shape index (κ2) is 7.38. The van der Waals surface area contributed by atoms with Crippen LogP contribution in [0.3, 0.4) is 0 Å². The lowest BCUT2D eigenvalue weighted by atomic mass is 10.3. The predicted octanol–water partition coefficient (Wildman–Crippen LogP) is 2.80. The van der Waals surface area contributed by atoms with E-state index >= 15 is 0 Å². The van der Waals surface area contributed by atoms with Crippen molar-refractivity contribution in [3.63, 3.8) is 0 Å². The van der Waals surface area contributed by atoms with E-state index in [-0.39, 0.29) is 18.6 Å². The first-order valence-corrected chi connectivity index (χ1v) is 6.93. The fourth-order valence-corrected chi connectivity index (χ4v) is 1.77. The van der Waals surface area contributed by atoms with E-state index in [1.54, 1.807) is 12.3 Å². The lowest BCUT2D eigenvalue weighted by molar-refractivity contribution is -0.119. The Bertz CT molecular complexity index is 547. The van der Waals surface area contributed by atoms with Crippen molar-refractivity contribution in [1.82, 2.24) is 5.32 Å². The van der Waals surface area contributed by atoms with E-state index in [2.05, 4.69) is 10.6 Å². The van der Waals surface area contributed by atoms with E-state index in [9.17, 15) is 4.79 Å². The molecule has 0 bridgehead atoms. The molecule has 2 aromatic rings. The van der Waals surface area contributed by atoms with E-state index in [1.807, 2.05) is 44.2 Å². The highest BCUT2D eigenvalue weighted by molar-refractivity contribution is 5.80. The van der Waals surface area contributed by atoms with E-state index in [4.69, 9.17) is 9.15 Å². The van der Waals surface area contributed by atoms with Crippen molar-refractivity contribution in [2.75, 3.05) is 11.9 Å². The Hall–Kier alpha value is -2.43. The first-order chi connectivity index (χ1) is 10.1. The number of furan rings is 1. The summed E-state index contributed by atoms with van der Waals surface area (Å²) in [5.74, 6) is 1.46. The largest absolute Gasteiger partial charge is 0.491 e. The number of nitrogens with one attached hydrogen (secondary N) is 2. The molecule has 0 saturated carbocycles. The van der Waals surface area contributed by atoms with E-state index in [0.717, 1.165) is 17.2 Å². The number of rotatable bonds is 7. The molecule has 5 heteroatoms. The summed E-state index contributed by atoms with van der Waals surface area (Å²) >= 11 is 0. The van der Waals surface area contributed by atoms with Crippen LogP contribution in [0.2, 0.25) is 0 Å². The molecule has 1 aromatic heterocycles. The summed E-state index contributed by atoms with van der Waals surface area (Å²) in [5, 5.41) is 5.83. The molecule has 1 aromatic carbocycles. The minimum absolute atomic E-state index is 0.0890. The Balaban J connectivity index is 1.73. The highest BCUT2D eigenvalue weighted by Crippen LogP contribution is 2.16. The minimum Gasteiger partial charge on any atom is -0.491 e. The van der Waals surface area contributed by atoms with Gasteiger partial charge in [0.05, 0.1) is 25.5 Å². The zero-order valence-corrected chi connectivity index (χ0v) is 12.3. The highest BCUT2D eigenvalue weighted by Gasteiger charge is 2.03. The molecule has 0 spiro atoms. The average Bonchev–Trinajstić information content (AvgIpc) is 2.97. The maximum Gasteiger partial charge on any atom is 0.239 e. The van der Waals surface area contributed by atoms with E-state index in [0.29, 0.717) is 6.54 Å². The van der Waals surface area contributed by atoms with Crippen molar-refractivity contribution >= 4 is 11.6 Å². The van der Waals surface area contributed by atoms with Gasteiger partial charge in [0.15, 0.2) is 0 Å². The van der Waals surface area contributed by atoms with E-state index in [1.165, 1.54) is 0 Å². The lowest BCUT2D eigenvalue weighted by Gasteiger charge is -2.11. The third-order valence-corrected chi connectivity index (χ3v) is 2.72. The van der Waals surface area contributed by atoms with Crippen LogP contribution in [0.4, 0.5) is 5.69 Å².